The molecule has 1 aromatic carbocycles. The molecular weight excluding hydrogens is 483 g/mol. The number of rotatable bonds is 8. The number of aromatic nitrogens is 2. The van der Waals surface area contributed by atoms with Gasteiger partial charge in [0, 0.05) is 24.9 Å². The Morgan fingerprint density at radius 3 is 2.36 bits per heavy atom. The molecule has 0 saturated heterocycles. The van der Waals surface area contributed by atoms with Gasteiger partial charge in [-0.25, -0.2) is 9.97 Å². The highest BCUT2D eigenvalue weighted by atomic mass is 19.4. The van der Waals surface area contributed by atoms with Crippen molar-refractivity contribution in [1.29, 1.82) is 5.26 Å². The first-order valence-corrected chi connectivity index (χ1v) is 10.4. The summed E-state index contributed by atoms with van der Waals surface area (Å²) in [7, 11) is 0. The highest BCUT2D eigenvalue weighted by molar-refractivity contribution is 5.95. The van der Waals surface area contributed by atoms with Crippen molar-refractivity contribution in [3.05, 3.63) is 76.1 Å². The smallest absolute Gasteiger partial charge is 0.417 e. The number of nitriles is 1. The van der Waals surface area contributed by atoms with Crippen molar-refractivity contribution in [2.24, 2.45) is 0 Å². The third-order valence-corrected chi connectivity index (χ3v) is 4.79. The van der Waals surface area contributed by atoms with E-state index in [1.807, 2.05) is 0 Å². The molecule has 186 valence electrons. The predicted octanol–water partition coefficient (Wildman–Crippen LogP) is 4.89. The van der Waals surface area contributed by atoms with E-state index in [9.17, 15) is 28.1 Å². The van der Waals surface area contributed by atoms with Crippen LogP contribution in [0.5, 0.6) is 17.4 Å². The molecule has 2 aromatic heterocycles. The number of alkyl halides is 3. The number of carbonyl (C=O) groups excluding carboxylic acids is 1. The van der Waals surface area contributed by atoms with Crippen LogP contribution in [0.15, 0.2) is 54.7 Å². The zero-order chi connectivity index (χ0) is 26.5. The fourth-order valence-electron chi connectivity index (χ4n) is 3.04. The first kappa shape index (κ1) is 25.9. The molecule has 0 radical (unpaired) electrons. The predicted molar refractivity (Wildman–Crippen MR) is 119 cm³/mol. The van der Waals surface area contributed by atoms with Crippen molar-refractivity contribution < 1.29 is 32.4 Å². The Morgan fingerprint density at radius 1 is 1.17 bits per heavy atom. The second-order valence-electron chi connectivity index (χ2n) is 7.21. The fraction of sp³-hybridized carbons (Fsp3) is 0.217. The van der Waals surface area contributed by atoms with Crippen molar-refractivity contribution in [3.8, 4) is 23.4 Å². The molecule has 1 atom stereocenters. The molecule has 1 unspecified atom stereocenters. The summed E-state index contributed by atoms with van der Waals surface area (Å²) in [5.74, 6) is 0.105. The van der Waals surface area contributed by atoms with Crippen molar-refractivity contribution >= 4 is 17.4 Å². The lowest BCUT2D eigenvalue weighted by atomic mass is 10.2. The van der Waals surface area contributed by atoms with Crippen LogP contribution in [0.4, 0.5) is 24.7 Å². The highest BCUT2D eigenvalue weighted by Gasteiger charge is 2.31. The standard InChI is InChI=1S/C23H18F3N5O5/c1-3-30(20-10-9-19(31(33)34)18(12-27)29-20)22(32)14(2)35-16-5-7-17(8-6-16)36-21-11-4-15(13-28-21)23(24,25)26/h4-11,13-14H,3H2,1-2H3. The second-order valence-corrected chi connectivity index (χ2v) is 7.21. The summed E-state index contributed by atoms with van der Waals surface area (Å²) < 4.78 is 49.0. The van der Waals surface area contributed by atoms with Crippen molar-refractivity contribution in [3.63, 3.8) is 0 Å². The summed E-state index contributed by atoms with van der Waals surface area (Å²) in [5, 5.41) is 20.2. The van der Waals surface area contributed by atoms with Gasteiger partial charge in [0.05, 0.1) is 10.5 Å². The molecule has 0 bridgehead atoms. The minimum absolute atomic E-state index is 0.0360. The van der Waals surface area contributed by atoms with Crippen LogP contribution in [0.1, 0.15) is 25.1 Å². The van der Waals surface area contributed by atoms with Gasteiger partial charge in [-0.2, -0.15) is 18.4 Å². The van der Waals surface area contributed by atoms with Crippen molar-refractivity contribution in [2.45, 2.75) is 26.1 Å². The van der Waals surface area contributed by atoms with Gasteiger partial charge in [-0.15, -0.1) is 0 Å². The van der Waals surface area contributed by atoms with Crippen LogP contribution in [0.3, 0.4) is 0 Å². The van der Waals surface area contributed by atoms with E-state index in [4.69, 9.17) is 14.7 Å². The maximum Gasteiger partial charge on any atom is 0.417 e. The Labute approximate surface area is 202 Å². The molecule has 0 fully saturated rings. The lowest BCUT2D eigenvalue weighted by molar-refractivity contribution is -0.385. The minimum atomic E-state index is -4.50. The Kier molecular flexibility index (Phi) is 7.68. The van der Waals surface area contributed by atoms with E-state index >= 15 is 0 Å². The molecule has 0 aliphatic rings. The quantitative estimate of drug-likeness (QED) is 0.315. The average molecular weight is 501 g/mol. The number of hydrogen-bond donors (Lipinski definition) is 0. The summed E-state index contributed by atoms with van der Waals surface area (Å²) in [6, 6.07) is 11.9. The Hall–Kier alpha value is -4.73. The number of carbonyl (C=O) groups is 1. The van der Waals surface area contributed by atoms with Crippen LogP contribution in [0, 0.1) is 21.4 Å². The van der Waals surface area contributed by atoms with E-state index in [1.54, 1.807) is 13.0 Å². The van der Waals surface area contributed by atoms with Gasteiger partial charge in [-0.05, 0) is 50.2 Å². The SMILES string of the molecule is CCN(C(=O)C(C)Oc1ccc(Oc2ccc(C(F)(F)F)cn2)cc1)c1ccc([N+](=O)[O-])c(C#N)n1. The molecule has 3 rings (SSSR count). The Balaban J connectivity index is 1.67. The average Bonchev–Trinajstić information content (AvgIpc) is 2.85. The first-order chi connectivity index (χ1) is 17.0. The lowest BCUT2D eigenvalue weighted by Crippen LogP contribution is -2.41. The van der Waals surface area contributed by atoms with Crippen molar-refractivity contribution in [1.82, 2.24) is 9.97 Å². The number of nitrogens with zero attached hydrogens (tertiary/aromatic N) is 5. The molecule has 0 saturated carbocycles. The molecule has 0 N–H and O–H groups in total. The van der Waals surface area contributed by atoms with Crippen LogP contribution in [0.2, 0.25) is 0 Å². The van der Waals surface area contributed by atoms with Gasteiger partial charge in [0.25, 0.3) is 5.91 Å². The molecule has 10 nitrogen and oxygen atoms in total. The number of amides is 1. The lowest BCUT2D eigenvalue weighted by Gasteiger charge is -2.24. The molecule has 0 spiro atoms. The van der Waals surface area contributed by atoms with Gasteiger partial charge in [0.1, 0.15) is 23.4 Å². The maximum atomic E-state index is 12.9. The molecule has 3 aromatic rings. The number of halogens is 3. The second kappa shape index (κ2) is 10.7. The van der Waals surface area contributed by atoms with Gasteiger partial charge in [0.2, 0.25) is 11.6 Å². The largest absolute Gasteiger partial charge is 0.481 e. The summed E-state index contributed by atoms with van der Waals surface area (Å²) in [6.07, 6.45) is -4.83. The number of anilines is 1. The summed E-state index contributed by atoms with van der Waals surface area (Å²) in [4.78, 5) is 32.0. The van der Waals surface area contributed by atoms with E-state index in [1.165, 1.54) is 42.2 Å². The first-order valence-electron chi connectivity index (χ1n) is 10.4. The maximum absolute atomic E-state index is 12.9. The molecule has 36 heavy (non-hydrogen) atoms. The normalized spacial score (nSPS) is 11.8. The zero-order valence-corrected chi connectivity index (χ0v) is 18.9. The monoisotopic (exact) mass is 501 g/mol. The molecule has 1 amide bonds. The van der Waals surface area contributed by atoms with Crippen LogP contribution in [-0.4, -0.2) is 33.4 Å². The van der Waals surface area contributed by atoms with E-state index in [0.29, 0.717) is 11.9 Å². The molecule has 0 aliphatic carbocycles. The van der Waals surface area contributed by atoms with E-state index < -0.39 is 40.1 Å². The third-order valence-electron chi connectivity index (χ3n) is 4.79. The summed E-state index contributed by atoms with van der Waals surface area (Å²) >= 11 is 0. The van der Waals surface area contributed by atoms with Crippen LogP contribution in [0.25, 0.3) is 0 Å². The van der Waals surface area contributed by atoms with E-state index in [0.717, 1.165) is 18.2 Å². The Bertz CT molecular complexity index is 1290. The number of benzene rings is 1. The van der Waals surface area contributed by atoms with Gasteiger partial charge in [-0.1, -0.05) is 0 Å². The van der Waals surface area contributed by atoms with E-state index in [-0.39, 0.29) is 24.0 Å². The van der Waals surface area contributed by atoms with Crippen LogP contribution < -0.4 is 14.4 Å². The summed E-state index contributed by atoms with van der Waals surface area (Å²) in [6.45, 7) is 3.33. The topological polar surface area (TPSA) is 131 Å². The number of hydrogen-bond acceptors (Lipinski definition) is 8. The number of likely N-dealkylation sites (N-methyl/N-ethyl adjacent to an activating group) is 1. The van der Waals surface area contributed by atoms with Gasteiger partial charge >= 0.3 is 11.9 Å². The van der Waals surface area contributed by atoms with Crippen LogP contribution >= 0.6 is 0 Å². The molecular formula is C23H18F3N5O5. The van der Waals surface area contributed by atoms with Crippen molar-refractivity contribution in [2.75, 3.05) is 11.4 Å². The molecule has 13 heteroatoms. The van der Waals surface area contributed by atoms with E-state index in [2.05, 4.69) is 9.97 Å². The third kappa shape index (κ3) is 6.03. The van der Waals surface area contributed by atoms with Gasteiger partial charge in [-0.3, -0.25) is 19.8 Å². The number of ether oxygens (including phenoxy) is 2. The molecule has 2 heterocycles. The number of nitro groups is 1. The van der Waals surface area contributed by atoms with Gasteiger partial charge < -0.3 is 9.47 Å². The van der Waals surface area contributed by atoms with Gasteiger partial charge in [0.15, 0.2) is 6.10 Å². The number of pyridine rings is 2. The minimum Gasteiger partial charge on any atom is -0.481 e. The highest BCUT2D eigenvalue weighted by Crippen LogP contribution is 2.30. The van der Waals surface area contributed by atoms with Crippen LogP contribution in [-0.2, 0) is 11.0 Å². The zero-order valence-electron chi connectivity index (χ0n) is 18.9. The summed E-state index contributed by atoms with van der Waals surface area (Å²) in [5.41, 5.74) is -1.79. The molecule has 0 aliphatic heterocycles. The Morgan fingerprint density at radius 2 is 1.83 bits per heavy atom. The fourth-order valence-corrected chi connectivity index (χ4v) is 3.04.